The van der Waals surface area contributed by atoms with Crippen molar-refractivity contribution in [1.82, 2.24) is 19.6 Å². The van der Waals surface area contributed by atoms with Crippen LogP contribution in [0.25, 0.3) is 5.78 Å². The molecule has 104 valence electrons. The molecule has 0 saturated carbocycles. The van der Waals surface area contributed by atoms with Crippen LogP contribution in [0.1, 0.15) is 23.0 Å². The lowest BCUT2D eigenvalue weighted by atomic mass is 10.2. The summed E-state index contributed by atoms with van der Waals surface area (Å²) < 4.78 is 1.67. The smallest absolute Gasteiger partial charge is 0.254 e. The SMILES string of the molecule is Cc1cc(NC(CCO)c2cccs2)n2ncnc2n1. The van der Waals surface area contributed by atoms with E-state index in [0.717, 1.165) is 11.5 Å². The van der Waals surface area contributed by atoms with Gasteiger partial charge in [-0.2, -0.15) is 14.6 Å². The number of hydrogen-bond donors (Lipinski definition) is 2. The number of anilines is 1. The Bertz CT molecular complexity index is 694. The Labute approximate surface area is 120 Å². The number of thiophene rings is 1. The summed E-state index contributed by atoms with van der Waals surface area (Å²) in [6, 6.07) is 6.05. The van der Waals surface area contributed by atoms with E-state index in [4.69, 9.17) is 0 Å². The molecule has 1 atom stereocenters. The van der Waals surface area contributed by atoms with E-state index < -0.39 is 0 Å². The molecule has 3 rings (SSSR count). The molecule has 0 radical (unpaired) electrons. The van der Waals surface area contributed by atoms with Crippen molar-refractivity contribution >= 4 is 22.9 Å². The minimum Gasteiger partial charge on any atom is -0.396 e. The Balaban J connectivity index is 1.96. The normalized spacial score (nSPS) is 12.7. The number of fused-ring (bicyclic) bond motifs is 1. The molecule has 0 aliphatic rings. The molecule has 0 aromatic carbocycles. The Morgan fingerprint density at radius 2 is 2.40 bits per heavy atom. The lowest BCUT2D eigenvalue weighted by molar-refractivity contribution is 0.280. The lowest BCUT2D eigenvalue weighted by Gasteiger charge is -2.18. The fourth-order valence-corrected chi connectivity index (χ4v) is 2.93. The first-order valence-corrected chi connectivity index (χ1v) is 7.24. The van der Waals surface area contributed by atoms with Crippen LogP contribution in [0.5, 0.6) is 0 Å². The highest BCUT2D eigenvalue weighted by atomic mass is 32.1. The number of nitrogens with zero attached hydrogens (tertiary/aromatic N) is 4. The van der Waals surface area contributed by atoms with Gasteiger partial charge >= 0.3 is 0 Å². The average Bonchev–Trinajstić information content (AvgIpc) is 3.08. The van der Waals surface area contributed by atoms with Crippen LogP contribution < -0.4 is 5.32 Å². The number of aryl methyl sites for hydroxylation is 1. The van der Waals surface area contributed by atoms with Crippen LogP contribution >= 0.6 is 11.3 Å². The topological polar surface area (TPSA) is 75.3 Å². The van der Waals surface area contributed by atoms with Gasteiger partial charge in [-0.15, -0.1) is 11.3 Å². The maximum Gasteiger partial charge on any atom is 0.254 e. The molecule has 0 bridgehead atoms. The number of hydrogen-bond acceptors (Lipinski definition) is 6. The van der Waals surface area contributed by atoms with Crippen molar-refractivity contribution in [2.45, 2.75) is 19.4 Å². The third kappa shape index (κ3) is 2.50. The molecule has 6 nitrogen and oxygen atoms in total. The molecule has 0 saturated heterocycles. The van der Waals surface area contributed by atoms with Crippen molar-refractivity contribution in [2.24, 2.45) is 0 Å². The quantitative estimate of drug-likeness (QED) is 0.751. The van der Waals surface area contributed by atoms with Crippen LogP contribution in [0.4, 0.5) is 5.82 Å². The third-order valence-corrected chi connectivity index (χ3v) is 3.99. The summed E-state index contributed by atoms with van der Waals surface area (Å²) in [5.41, 5.74) is 0.877. The number of rotatable bonds is 5. The monoisotopic (exact) mass is 289 g/mol. The summed E-state index contributed by atoms with van der Waals surface area (Å²) in [5, 5.41) is 18.9. The molecule has 7 heteroatoms. The molecule has 0 spiro atoms. The zero-order valence-electron chi connectivity index (χ0n) is 11.0. The standard InChI is InChI=1S/C13H15N5OS/c1-9-7-12(18-13(16-9)14-8-15-18)17-10(4-5-19)11-3-2-6-20-11/h2-3,6-8,10,17,19H,4-5H2,1H3. The van der Waals surface area contributed by atoms with Gasteiger partial charge in [-0.3, -0.25) is 0 Å². The second-order valence-corrected chi connectivity index (χ2v) is 5.46. The third-order valence-electron chi connectivity index (χ3n) is 3.01. The first kappa shape index (κ1) is 13.0. The van der Waals surface area contributed by atoms with E-state index in [1.165, 1.54) is 11.2 Å². The fourth-order valence-electron chi connectivity index (χ4n) is 2.12. The zero-order chi connectivity index (χ0) is 13.9. The summed E-state index contributed by atoms with van der Waals surface area (Å²) >= 11 is 1.67. The summed E-state index contributed by atoms with van der Waals surface area (Å²) in [7, 11) is 0. The highest BCUT2D eigenvalue weighted by molar-refractivity contribution is 7.10. The highest BCUT2D eigenvalue weighted by Crippen LogP contribution is 2.26. The van der Waals surface area contributed by atoms with Crippen LogP contribution in [0.2, 0.25) is 0 Å². The van der Waals surface area contributed by atoms with Crippen molar-refractivity contribution in [3.05, 3.63) is 40.5 Å². The Hall–Kier alpha value is -1.99. The van der Waals surface area contributed by atoms with Gasteiger partial charge in [0.05, 0.1) is 6.04 Å². The zero-order valence-corrected chi connectivity index (χ0v) is 11.8. The second-order valence-electron chi connectivity index (χ2n) is 4.48. The number of aromatic nitrogens is 4. The average molecular weight is 289 g/mol. The maximum atomic E-state index is 9.26. The molecule has 1 unspecified atom stereocenters. The minimum atomic E-state index is 0.0502. The molecule has 3 heterocycles. The molecule has 0 aliphatic heterocycles. The van der Waals surface area contributed by atoms with E-state index in [1.54, 1.807) is 15.9 Å². The summed E-state index contributed by atoms with van der Waals surface area (Å²) in [6.07, 6.45) is 2.12. The maximum absolute atomic E-state index is 9.26. The molecule has 0 fully saturated rings. The van der Waals surface area contributed by atoms with Gasteiger partial charge in [0, 0.05) is 23.2 Å². The summed E-state index contributed by atoms with van der Waals surface area (Å²) in [4.78, 5) is 9.61. The minimum absolute atomic E-state index is 0.0502. The molecular formula is C13H15N5OS. The van der Waals surface area contributed by atoms with Crippen LogP contribution in [-0.4, -0.2) is 31.3 Å². The van der Waals surface area contributed by atoms with E-state index >= 15 is 0 Å². The Morgan fingerprint density at radius 1 is 1.50 bits per heavy atom. The largest absolute Gasteiger partial charge is 0.396 e. The van der Waals surface area contributed by atoms with Crippen molar-refractivity contribution in [2.75, 3.05) is 11.9 Å². The van der Waals surface area contributed by atoms with Crippen molar-refractivity contribution in [3.8, 4) is 0 Å². The van der Waals surface area contributed by atoms with Crippen LogP contribution in [0, 0.1) is 6.92 Å². The summed E-state index contributed by atoms with van der Waals surface area (Å²) in [5.74, 6) is 1.40. The van der Waals surface area contributed by atoms with Crippen LogP contribution in [0.3, 0.4) is 0 Å². The van der Waals surface area contributed by atoms with Crippen LogP contribution in [0.15, 0.2) is 29.9 Å². The molecule has 3 aromatic rings. The van der Waals surface area contributed by atoms with E-state index in [9.17, 15) is 5.11 Å². The number of nitrogens with one attached hydrogen (secondary N) is 1. The van der Waals surface area contributed by atoms with E-state index in [2.05, 4.69) is 26.4 Å². The first-order chi connectivity index (χ1) is 9.78. The van der Waals surface area contributed by atoms with E-state index in [0.29, 0.717) is 12.2 Å². The molecular weight excluding hydrogens is 274 g/mol. The molecule has 2 N–H and O–H groups in total. The van der Waals surface area contributed by atoms with Crippen molar-refractivity contribution < 1.29 is 5.11 Å². The molecule has 0 amide bonds. The van der Waals surface area contributed by atoms with Gasteiger partial charge in [-0.05, 0) is 24.8 Å². The predicted molar refractivity (Wildman–Crippen MR) is 77.9 cm³/mol. The van der Waals surface area contributed by atoms with Gasteiger partial charge in [-0.1, -0.05) is 6.07 Å². The van der Waals surface area contributed by atoms with Crippen molar-refractivity contribution in [3.63, 3.8) is 0 Å². The highest BCUT2D eigenvalue weighted by Gasteiger charge is 2.14. The predicted octanol–water partition coefficient (Wildman–Crippen LogP) is 2.03. The van der Waals surface area contributed by atoms with Gasteiger partial charge in [0.1, 0.15) is 12.1 Å². The van der Waals surface area contributed by atoms with Gasteiger partial charge < -0.3 is 10.4 Å². The summed E-state index contributed by atoms with van der Waals surface area (Å²) in [6.45, 7) is 2.05. The van der Waals surface area contributed by atoms with Gasteiger partial charge in [0.2, 0.25) is 0 Å². The molecule has 0 aliphatic carbocycles. The molecule has 20 heavy (non-hydrogen) atoms. The van der Waals surface area contributed by atoms with Crippen LogP contribution in [-0.2, 0) is 0 Å². The first-order valence-electron chi connectivity index (χ1n) is 6.36. The van der Waals surface area contributed by atoms with Gasteiger partial charge in [0.25, 0.3) is 5.78 Å². The van der Waals surface area contributed by atoms with Gasteiger partial charge in [-0.25, -0.2) is 4.98 Å². The molecule has 3 aromatic heterocycles. The Kier molecular flexibility index (Phi) is 3.62. The number of aliphatic hydroxyl groups excluding tert-OH is 1. The second kappa shape index (κ2) is 5.56. The van der Waals surface area contributed by atoms with E-state index in [1.807, 2.05) is 24.4 Å². The van der Waals surface area contributed by atoms with Gasteiger partial charge in [0.15, 0.2) is 0 Å². The lowest BCUT2D eigenvalue weighted by Crippen LogP contribution is -2.14. The number of aliphatic hydroxyl groups is 1. The van der Waals surface area contributed by atoms with E-state index in [-0.39, 0.29) is 12.6 Å². The Morgan fingerprint density at radius 3 is 3.15 bits per heavy atom. The fraction of sp³-hybridized carbons (Fsp3) is 0.308. The van der Waals surface area contributed by atoms with Crippen molar-refractivity contribution in [1.29, 1.82) is 0 Å².